The zero-order valence-corrected chi connectivity index (χ0v) is 12.2. The van der Waals surface area contributed by atoms with E-state index in [0.717, 1.165) is 23.3 Å². The first-order chi connectivity index (χ1) is 10.6. The molecule has 2 aliphatic rings. The van der Waals surface area contributed by atoms with Gasteiger partial charge in [0.2, 0.25) is 5.95 Å². The Morgan fingerprint density at radius 1 is 1.36 bits per heavy atom. The maximum Gasteiger partial charge on any atom is 0.226 e. The monoisotopic (exact) mass is 296 g/mol. The first kappa shape index (κ1) is 13.1. The fourth-order valence-corrected chi connectivity index (χ4v) is 3.35. The fraction of sp³-hybridized carbons (Fsp3) is 0.312. The summed E-state index contributed by atoms with van der Waals surface area (Å²) in [5.41, 5.74) is 2.50. The summed E-state index contributed by atoms with van der Waals surface area (Å²) in [6.07, 6.45) is 2.84. The standard InChI is InChI=1S/C16H16N4O2/c1-9-5-12-14(13(22)6-9)15(10-3-2-4-11(21)7-10)20-16(19-12)17-8-18-20/h2-4,7-9,15,21H,5-6H2,1H3,(H,17,18,19)/t9-,15-/m1/s1. The lowest BCUT2D eigenvalue weighted by Gasteiger charge is -2.34. The number of fused-ring (bicyclic) bond motifs is 1. The average Bonchev–Trinajstić information content (AvgIpc) is 2.92. The Bertz CT molecular complexity index is 793. The molecule has 1 aliphatic heterocycles. The molecular formula is C16H16N4O2. The number of Topliss-reactive ketones (excluding diaryl/α,β-unsaturated/α-hetero) is 1. The Morgan fingerprint density at radius 2 is 2.23 bits per heavy atom. The number of hydrogen-bond acceptors (Lipinski definition) is 5. The van der Waals surface area contributed by atoms with Crippen molar-refractivity contribution in [2.24, 2.45) is 5.92 Å². The number of aromatic hydroxyl groups is 1. The van der Waals surface area contributed by atoms with Gasteiger partial charge in [0.15, 0.2) is 5.78 Å². The number of rotatable bonds is 1. The molecule has 6 nitrogen and oxygen atoms in total. The zero-order chi connectivity index (χ0) is 15.3. The van der Waals surface area contributed by atoms with Gasteiger partial charge >= 0.3 is 0 Å². The van der Waals surface area contributed by atoms with Crippen LogP contribution in [0.1, 0.15) is 31.4 Å². The van der Waals surface area contributed by atoms with E-state index in [1.807, 2.05) is 6.07 Å². The van der Waals surface area contributed by atoms with Gasteiger partial charge in [0.05, 0.1) is 0 Å². The lowest BCUT2D eigenvalue weighted by molar-refractivity contribution is -0.117. The SMILES string of the molecule is C[C@H]1CC(=O)C2=C(C1)Nc1ncnn1[C@@H]2c1cccc(O)c1. The Balaban J connectivity index is 1.92. The molecule has 1 aliphatic carbocycles. The maximum atomic E-state index is 12.6. The molecule has 0 amide bonds. The van der Waals surface area contributed by atoms with Crippen LogP contribution in [0.4, 0.5) is 5.95 Å². The molecule has 0 saturated heterocycles. The molecule has 2 aromatic rings. The van der Waals surface area contributed by atoms with E-state index < -0.39 is 0 Å². The van der Waals surface area contributed by atoms with E-state index in [0.29, 0.717) is 18.3 Å². The summed E-state index contributed by atoms with van der Waals surface area (Å²) in [6, 6.07) is 6.64. The van der Waals surface area contributed by atoms with Crippen molar-refractivity contribution in [1.29, 1.82) is 0 Å². The number of aromatic nitrogens is 3. The number of phenols is 1. The summed E-state index contributed by atoms with van der Waals surface area (Å²) in [5.74, 6) is 1.26. The average molecular weight is 296 g/mol. The third-order valence-corrected chi connectivity index (χ3v) is 4.25. The molecule has 1 aromatic heterocycles. The molecule has 0 saturated carbocycles. The molecule has 112 valence electrons. The fourth-order valence-electron chi connectivity index (χ4n) is 3.35. The Hall–Kier alpha value is -2.63. The van der Waals surface area contributed by atoms with Gasteiger partial charge in [-0.1, -0.05) is 19.1 Å². The van der Waals surface area contributed by atoms with Crippen molar-refractivity contribution in [3.63, 3.8) is 0 Å². The van der Waals surface area contributed by atoms with Gasteiger partial charge in [-0.05, 0) is 30.0 Å². The van der Waals surface area contributed by atoms with E-state index in [9.17, 15) is 9.90 Å². The highest BCUT2D eigenvalue weighted by atomic mass is 16.3. The number of nitrogens with zero attached hydrogens (tertiary/aromatic N) is 3. The summed E-state index contributed by atoms with van der Waals surface area (Å²) in [4.78, 5) is 16.8. The molecule has 2 heterocycles. The lowest BCUT2D eigenvalue weighted by Crippen LogP contribution is -2.33. The molecule has 22 heavy (non-hydrogen) atoms. The predicted octanol–water partition coefficient (Wildman–Crippen LogP) is 2.25. The molecule has 2 N–H and O–H groups in total. The van der Waals surface area contributed by atoms with E-state index in [4.69, 9.17) is 0 Å². The van der Waals surface area contributed by atoms with Crippen LogP contribution in [0.5, 0.6) is 5.75 Å². The van der Waals surface area contributed by atoms with Crippen molar-refractivity contribution in [2.75, 3.05) is 5.32 Å². The van der Waals surface area contributed by atoms with Crippen LogP contribution in [0.15, 0.2) is 41.9 Å². The second kappa shape index (κ2) is 4.69. The highest BCUT2D eigenvalue weighted by Crippen LogP contribution is 2.41. The van der Waals surface area contributed by atoms with Crippen molar-refractivity contribution in [3.05, 3.63) is 47.4 Å². The Kier molecular flexibility index (Phi) is 2.79. The predicted molar refractivity (Wildman–Crippen MR) is 80.3 cm³/mol. The number of phenolic OH excluding ortho intramolecular Hbond substituents is 1. The van der Waals surface area contributed by atoms with Gasteiger partial charge < -0.3 is 10.4 Å². The highest BCUT2D eigenvalue weighted by Gasteiger charge is 2.37. The maximum absolute atomic E-state index is 12.6. The molecule has 6 heteroatoms. The van der Waals surface area contributed by atoms with Crippen LogP contribution in [0.3, 0.4) is 0 Å². The van der Waals surface area contributed by atoms with Crippen LogP contribution in [-0.4, -0.2) is 25.7 Å². The molecule has 0 spiro atoms. The number of nitrogens with one attached hydrogen (secondary N) is 1. The number of hydrogen-bond donors (Lipinski definition) is 2. The minimum absolute atomic E-state index is 0.135. The molecule has 1 aromatic carbocycles. The van der Waals surface area contributed by atoms with E-state index in [1.54, 1.807) is 22.9 Å². The normalized spacial score (nSPS) is 23.8. The van der Waals surface area contributed by atoms with Crippen LogP contribution in [0.2, 0.25) is 0 Å². The van der Waals surface area contributed by atoms with Crippen molar-refractivity contribution >= 4 is 11.7 Å². The number of carbonyl (C=O) groups is 1. The van der Waals surface area contributed by atoms with Gasteiger partial charge in [-0.25, -0.2) is 4.68 Å². The minimum Gasteiger partial charge on any atom is -0.508 e. The summed E-state index contributed by atoms with van der Waals surface area (Å²) in [6.45, 7) is 2.08. The molecule has 4 rings (SSSR count). The van der Waals surface area contributed by atoms with Crippen molar-refractivity contribution < 1.29 is 9.90 Å². The van der Waals surface area contributed by atoms with Crippen LogP contribution in [0.25, 0.3) is 0 Å². The molecule has 0 radical (unpaired) electrons. The van der Waals surface area contributed by atoms with Crippen molar-refractivity contribution in [3.8, 4) is 5.75 Å². The van der Waals surface area contributed by atoms with E-state index >= 15 is 0 Å². The molecule has 0 unspecified atom stereocenters. The topological polar surface area (TPSA) is 80.0 Å². The van der Waals surface area contributed by atoms with E-state index in [-0.39, 0.29) is 17.6 Å². The van der Waals surface area contributed by atoms with Crippen molar-refractivity contribution in [2.45, 2.75) is 25.8 Å². The van der Waals surface area contributed by atoms with Gasteiger partial charge in [-0.2, -0.15) is 10.1 Å². The van der Waals surface area contributed by atoms with Crippen LogP contribution in [0, 0.1) is 5.92 Å². The summed E-state index contributed by atoms with van der Waals surface area (Å²) in [7, 11) is 0. The third-order valence-electron chi connectivity index (χ3n) is 4.25. The summed E-state index contributed by atoms with van der Waals surface area (Å²) < 4.78 is 1.71. The van der Waals surface area contributed by atoms with Crippen LogP contribution in [-0.2, 0) is 4.79 Å². The highest BCUT2D eigenvalue weighted by molar-refractivity contribution is 5.99. The van der Waals surface area contributed by atoms with Crippen molar-refractivity contribution in [1.82, 2.24) is 14.8 Å². The minimum atomic E-state index is -0.333. The third kappa shape index (κ3) is 1.91. The number of ketones is 1. The molecular weight excluding hydrogens is 280 g/mol. The molecule has 2 atom stereocenters. The van der Waals surface area contributed by atoms with Crippen LogP contribution < -0.4 is 5.32 Å². The summed E-state index contributed by atoms with van der Waals surface area (Å²) >= 11 is 0. The van der Waals surface area contributed by atoms with Gasteiger partial charge in [-0.15, -0.1) is 0 Å². The van der Waals surface area contributed by atoms with Gasteiger partial charge in [0.1, 0.15) is 18.1 Å². The number of anilines is 1. The molecule has 0 fully saturated rings. The number of allylic oxidation sites excluding steroid dienone is 2. The Morgan fingerprint density at radius 3 is 3.05 bits per heavy atom. The van der Waals surface area contributed by atoms with Gasteiger partial charge in [0, 0.05) is 17.7 Å². The van der Waals surface area contributed by atoms with E-state index in [1.165, 1.54) is 6.33 Å². The van der Waals surface area contributed by atoms with Gasteiger partial charge in [0.25, 0.3) is 0 Å². The number of carbonyl (C=O) groups excluding carboxylic acids is 1. The zero-order valence-electron chi connectivity index (χ0n) is 12.2. The Labute approximate surface area is 127 Å². The van der Waals surface area contributed by atoms with Crippen LogP contribution >= 0.6 is 0 Å². The molecule has 0 bridgehead atoms. The first-order valence-electron chi connectivity index (χ1n) is 7.35. The van der Waals surface area contributed by atoms with Gasteiger partial charge in [-0.3, -0.25) is 4.79 Å². The van der Waals surface area contributed by atoms with E-state index in [2.05, 4.69) is 22.3 Å². The lowest BCUT2D eigenvalue weighted by atomic mass is 9.81. The smallest absolute Gasteiger partial charge is 0.226 e. The largest absolute Gasteiger partial charge is 0.508 e. The first-order valence-corrected chi connectivity index (χ1v) is 7.35. The number of benzene rings is 1. The second-order valence-corrected chi connectivity index (χ2v) is 5.98. The quantitative estimate of drug-likeness (QED) is 0.843. The summed E-state index contributed by atoms with van der Waals surface area (Å²) in [5, 5.41) is 17.3. The second-order valence-electron chi connectivity index (χ2n) is 5.98.